The Bertz CT molecular complexity index is 453. The first-order valence-corrected chi connectivity index (χ1v) is 8.26. The third kappa shape index (κ3) is 5.11. The minimum Gasteiger partial charge on any atom is -0.378 e. The van der Waals surface area contributed by atoms with E-state index in [1.165, 1.54) is 0 Å². The summed E-state index contributed by atoms with van der Waals surface area (Å²) in [6, 6.07) is 9.60. The Morgan fingerprint density at radius 3 is 2.50 bits per heavy atom. The van der Waals surface area contributed by atoms with Gasteiger partial charge in [-0.1, -0.05) is 44.2 Å². The van der Waals surface area contributed by atoms with Gasteiger partial charge in [0.05, 0.1) is 6.10 Å². The van der Waals surface area contributed by atoms with Crippen LogP contribution in [0.5, 0.6) is 0 Å². The van der Waals surface area contributed by atoms with Crippen molar-refractivity contribution in [3.63, 3.8) is 0 Å². The van der Waals surface area contributed by atoms with Crippen molar-refractivity contribution in [2.24, 2.45) is 11.7 Å². The van der Waals surface area contributed by atoms with Crippen LogP contribution in [-0.2, 0) is 9.53 Å². The second-order valence-electron chi connectivity index (χ2n) is 6.53. The van der Waals surface area contributed by atoms with Gasteiger partial charge in [-0.15, -0.1) is 0 Å². The molecule has 0 bridgehead atoms. The molecule has 1 unspecified atom stereocenters. The van der Waals surface area contributed by atoms with Gasteiger partial charge < -0.3 is 15.4 Å². The summed E-state index contributed by atoms with van der Waals surface area (Å²) in [7, 11) is 0. The van der Waals surface area contributed by atoms with Crippen molar-refractivity contribution < 1.29 is 9.53 Å². The van der Waals surface area contributed by atoms with Crippen LogP contribution in [-0.4, -0.2) is 36.6 Å². The molecule has 1 aliphatic rings. The predicted molar refractivity (Wildman–Crippen MR) is 88.4 cm³/mol. The van der Waals surface area contributed by atoms with Crippen LogP contribution in [0.2, 0.25) is 0 Å². The summed E-state index contributed by atoms with van der Waals surface area (Å²) in [5.41, 5.74) is 7.16. The summed E-state index contributed by atoms with van der Waals surface area (Å²) < 4.78 is 5.86. The molecule has 2 N–H and O–H groups in total. The van der Waals surface area contributed by atoms with E-state index in [2.05, 4.69) is 13.8 Å². The molecule has 4 heteroatoms. The number of ether oxygens (including phenoxy) is 1. The molecular formula is C18H28N2O2. The summed E-state index contributed by atoms with van der Waals surface area (Å²) in [4.78, 5) is 14.3. The monoisotopic (exact) mass is 304 g/mol. The van der Waals surface area contributed by atoms with E-state index in [0.717, 1.165) is 38.1 Å². The van der Waals surface area contributed by atoms with Crippen LogP contribution < -0.4 is 5.73 Å². The largest absolute Gasteiger partial charge is 0.378 e. The average Bonchev–Trinajstić information content (AvgIpc) is 2.54. The van der Waals surface area contributed by atoms with E-state index in [1.54, 1.807) is 0 Å². The molecule has 1 aromatic carbocycles. The average molecular weight is 304 g/mol. The second-order valence-corrected chi connectivity index (χ2v) is 6.53. The van der Waals surface area contributed by atoms with Crippen molar-refractivity contribution in [1.82, 2.24) is 4.90 Å². The van der Waals surface area contributed by atoms with Gasteiger partial charge in [0.25, 0.3) is 0 Å². The van der Waals surface area contributed by atoms with Crippen molar-refractivity contribution in [1.29, 1.82) is 0 Å². The molecule has 4 nitrogen and oxygen atoms in total. The number of nitrogens with zero attached hydrogens (tertiary/aromatic N) is 1. The molecule has 1 amide bonds. The molecule has 1 heterocycles. The number of hydrogen-bond donors (Lipinski definition) is 1. The number of carbonyl (C=O) groups is 1. The van der Waals surface area contributed by atoms with Crippen molar-refractivity contribution >= 4 is 5.91 Å². The molecule has 1 aromatic rings. The van der Waals surface area contributed by atoms with Gasteiger partial charge in [0.2, 0.25) is 5.91 Å². The molecule has 0 saturated carbocycles. The van der Waals surface area contributed by atoms with Crippen LogP contribution in [0.15, 0.2) is 30.3 Å². The van der Waals surface area contributed by atoms with Gasteiger partial charge in [-0.2, -0.15) is 0 Å². The minimum atomic E-state index is -0.219. The Balaban J connectivity index is 1.75. The fourth-order valence-electron chi connectivity index (χ4n) is 2.74. The minimum absolute atomic E-state index is 0.152. The van der Waals surface area contributed by atoms with E-state index >= 15 is 0 Å². The summed E-state index contributed by atoms with van der Waals surface area (Å²) in [6.45, 7) is 6.68. The third-order valence-electron chi connectivity index (χ3n) is 4.08. The maximum Gasteiger partial charge on any atom is 0.224 e. The highest BCUT2D eigenvalue weighted by molar-refractivity contribution is 5.77. The predicted octanol–water partition coefficient (Wildman–Crippen LogP) is 2.74. The number of rotatable bonds is 6. The first-order chi connectivity index (χ1) is 10.6. The van der Waals surface area contributed by atoms with Crippen LogP contribution in [0.3, 0.4) is 0 Å². The van der Waals surface area contributed by atoms with Crippen LogP contribution in [0.4, 0.5) is 0 Å². The number of benzene rings is 1. The highest BCUT2D eigenvalue weighted by atomic mass is 16.5. The zero-order chi connectivity index (χ0) is 15.9. The van der Waals surface area contributed by atoms with E-state index in [4.69, 9.17) is 10.5 Å². The van der Waals surface area contributed by atoms with Gasteiger partial charge in [0.1, 0.15) is 0 Å². The Labute approximate surface area is 133 Å². The molecule has 1 fully saturated rings. The molecule has 0 aliphatic carbocycles. The lowest BCUT2D eigenvalue weighted by molar-refractivity contribution is -0.134. The van der Waals surface area contributed by atoms with Crippen molar-refractivity contribution in [2.75, 3.05) is 19.7 Å². The lowest BCUT2D eigenvalue weighted by Gasteiger charge is -2.33. The number of amides is 1. The second kappa shape index (κ2) is 8.30. The molecule has 1 saturated heterocycles. The molecular weight excluding hydrogens is 276 g/mol. The van der Waals surface area contributed by atoms with Gasteiger partial charge in [0, 0.05) is 32.2 Å². The normalized spacial score (nSPS) is 17.7. The van der Waals surface area contributed by atoms with Gasteiger partial charge in [-0.3, -0.25) is 4.79 Å². The zero-order valence-corrected chi connectivity index (χ0v) is 13.7. The third-order valence-corrected chi connectivity index (χ3v) is 4.08. The summed E-state index contributed by atoms with van der Waals surface area (Å²) >= 11 is 0. The highest BCUT2D eigenvalue weighted by Crippen LogP contribution is 2.19. The topological polar surface area (TPSA) is 55.6 Å². The first kappa shape index (κ1) is 17.0. The quantitative estimate of drug-likeness (QED) is 0.879. The van der Waals surface area contributed by atoms with Crippen LogP contribution in [0.1, 0.15) is 44.7 Å². The van der Waals surface area contributed by atoms with E-state index in [0.29, 0.717) is 18.4 Å². The van der Waals surface area contributed by atoms with E-state index in [-0.39, 0.29) is 11.9 Å². The fourth-order valence-corrected chi connectivity index (χ4v) is 2.74. The summed E-state index contributed by atoms with van der Waals surface area (Å²) in [5, 5.41) is 0. The number of piperidine rings is 1. The van der Waals surface area contributed by atoms with E-state index in [1.807, 2.05) is 35.2 Å². The van der Waals surface area contributed by atoms with Crippen LogP contribution >= 0.6 is 0 Å². The zero-order valence-electron chi connectivity index (χ0n) is 13.7. The summed E-state index contributed by atoms with van der Waals surface area (Å²) in [5.74, 6) is 0.710. The van der Waals surface area contributed by atoms with Gasteiger partial charge >= 0.3 is 0 Å². The van der Waals surface area contributed by atoms with E-state index in [9.17, 15) is 4.79 Å². The number of nitrogens with two attached hydrogens (primary N) is 1. The Hall–Kier alpha value is -1.39. The number of likely N-dealkylation sites (tertiary alicyclic amines) is 1. The Morgan fingerprint density at radius 2 is 1.91 bits per heavy atom. The van der Waals surface area contributed by atoms with Crippen molar-refractivity contribution in [3.05, 3.63) is 35.9 Å². The first-order valence-electron chi connectivity index (χ1n) is 8.26. The van der Waals surface area contributed by atoms with E-state index < -0.39 is 0 Å². The maximum atomic E-state index is 12.4. The molecule has 1 atom stereocenters. The number of hydrogen-bond acceptors (Lipinski definition) is 3. The van der Waals surface area contributed by atoms with Crippen molar-refractivity contribution in [2.45, 2.75) is 45.3 Å². The lowest BCUT2D eigenvalue weighted by Crippen LogP contribution is -2.42. The Kier molecular flexibility index (Phi) is 6.40. The molecule has 2 rings (SSSR count). The molecule has 1 aliphatic heterocycles. The number of carbonyl (C=O) groups excluding carboxylic acids is 1. The van der Waals surface area contributed by atoms with Gasteiger partial charge in [-0.05, 0) is 24.3 Å². The lowest BCUT2D eigenvalue weighted by atomic mass is 10.0. The Morgan fingerprint density at radius 1 is 1.27 bits per heavy atom. The fraction of sp³-hybridized carbons (Fsp3) is 0.611. The standard InChI is InChI=1S/C18H28N2O2/c1-14(2)13-22-16-8-10-20(11-9-16)18(21)12-17(19)15-6-4-3-5-7-15/h3-7,14,16-17H,8-13,19H2,1-2H3. The molecule has 122 valence electrons. The smallest absolute Gasteiger partial charge is 0.224 e. The van der Waals surface area contributed by atoms with Crippen LogP contribution in [0, 0.1) is 5.92 Å². The SMILES string of the molecule is CC(C)COC1CCN(C(=O)CC(N)c2ccccc2)CC1. The molecule has 0 spiro atoms. The van der Waals surface area contributed by atoms with Gasteiger partial charge in [-0.25, -0.2) is 0 Å². The molecule has 22 heavy (non-hydrogen) atoms. The highest BCUT2D eigenvalue weighted by Gasteiger charge is 2.24. The summed E-state index contributed by atoms with van der Waals surface area (Å²) in [6.07, 6.45) is 2.54. The molecule has 0 aromatic heterocycles. The molecule has 0 radical (unpaired) electrons. The van der Waals surface area contributed by atoms with Gasteiger partial charge in [0.15, 0.2) is 0 Å². The maximum absolute atomic E-state index is 12.4. The van der Waals surface area contributed by atoms with Crippen molar-refractivity contribution in [3.8, 4) is 0 Å². The van der Waals surface area contributed by atoms with Crippen LogP contribution in [0.25, 0.3) is 0 Å².